The van der Waals surface area contributed by atoms with Crippen LogP contribution in [0.5, 0.6) is 5.75 Å². The number of para-hydroxylation sites is 1. The number of rotatable bonds is 8. The standard InChI is InChI=1S/C15H20N2O2S/c1-2-14(15-16-8-9-20-15)17-10-12(18)11-19-13-6-4-3-5-7-13/h3-9,12,14,17-18H,2,10-11H2,1H3. The Labute approximate surface area is 123 Å². The van der Waals surface area contributed by atoms with Crippen LogP contribution >= 0.6 is 11.3 Å². The van der Waals surface area contributed by atoms with E-state index in [1.54, 1.807) is 17.5 Å². The highest BCUT2D eigenvalue weighted by molar-refractivity contribution is 7.09. The van der Waals surface area contributed by atoms with Crippen molar-refractivity contribution in [2.75, 3.05) is 13.2 Å². The van der Waals surface area contributed by atoms with Crippen LogP contribution in [0.4, 0.5) is 0 Å². The summed E-state index contributed by atoms with van der Waals surface area (Å²) < 4.78 is 5.52. The Morgan fingerprint density at radius 2 is 2.15 bits per heavy atom. The Hall–Kier alpha value is -1.43. The quantitative estimate of drug-likeness (QED) is 0.785. The van der Waals surface area contributed by atoms with Crippen LogP contribution in [0.15, 0.2) is 41.9 Å². The second-order valence-electron chi connectivity index (χ2n) is 4.52. The van der Waals surface area contributed by atoms with Gasteiger partial charge in [0.25, 0.3) is 0 Å². The van der Waals surface area contributed by atoms with E-state index in [2.05, 4.69) is 17.2 Å². The van der Waals surface area contributed by atoms with Gasteiger partial charge in [-0.15, -0.1) is 11.3 Å². The summed E-state index contributed by atoms with van der Waals surface area (Å²) in [6.07, 6.45) is 2.21. The van der Waals surface area contributed by atoms with Crippen LogP contribution < -0.4 is 10.1 Å². The van der Waals surface area contributed by atoms with Gasteiger partial charge in [0.1, 0.15) is 23.5 Å². The molecular weight excluding hydrogens is 272 g/mol. The van der Waals surface area contributed by atoms with Gasteiger partial charge in [-0.25, -0.2) is 4.98 Å². The number of aromatic nitrogens is 1. The summed E-state index contributed by atoms with van der Waals surface area (Å²) in [6.45, 7) is 2.88. The lowest BCUT2D eigenvalue weighted by Gasteiger charge is -2.18. The average molecular weight is 292 g/mol. The molecule has 2 N–H and O–H groups in total. The zero-order valence-corrected chi connectivity index (χ0v) is 12.3. The van der Waals surface area contributed by atoms with E-state index < -0.39 is 6.10 Å². The third kappa shape index (κ3) is 4.59. The first-order chi connectivity index (χ1) is 9.79. The number of aliphatic hydroxyl groups excluding tert-OH is 1. The molecule has 0 aliphatic rings. The van der Waals surface area contributed by atoms with Crippen molar-refractivity contribution in [1.82, 2.24) is 10.3 Å². The third-order valence-electron chi connectivity index (χ3n) is 2.94. The Bertz CT molecular complexity index is 476. The molecule has 2 atom stereocenters. The number of nitrogens with one attached hydrogen (secondary N) is 1. The Morgan fingerprint density at radius 1 is 1.35 bits per heavy atom. The van der Waals surface area contributed by atoms with Gasteiger partial charge in [0, 0.05) is 18.1 Å². The summed E-state index contributed by atoms with van der Waals surface area (Å²) in [5.41, 5.74) is 0. The molecule has 0 radical (unpaired) electrons. The molecule has 0 bridgehead atoms. The van der Waals surface area contributed by atoms with Gasteiger partial charge in [-0.2, -0.15) is 0 Å². The van der Waals surface area contributed by atoms with Gasteiger partial charge in [0.15, 0.2) is 0 Å². The first kappa shape index (κ1) is 15.0. The Kier molecular flexibility index (Phi) is 5.98. The Morgan fingerprint density at radius 3 is 2.80 bits per heavy atom. The number of thiazole rings is 1. The molecule has 0 saturated carbocycles. The SMILES string of the molecule is CCC(NCC(O)COc1ccccc1)c1nccs1. The smallest absolute Gasteiger partial charge is 0.119 e. The Balaban J connectivity index is 1.73. The highest BCUT2D eigenvalue weighted by Crippen LogP contribution is 2.18. The fourth-order valence-electron chi connectivity index (χ4n) is 1.86. The van der Waals surface area contributed by atoms with E-state index in [9.17, 15) is 5.11 Å². The number of nitrogens with zero attached hydrogens (tertiary/aromatic N) is 1. The van der Waals surface area contributed by atoms with E-state index in [-0.39, 0.29) is 12.6 Å². The van der Waals surface area contributed by atoms with Crippen molar-refractivity contribution in [2.45, 2.75) is 25.5 Å². The number of hydrogen-bond acceptors (Lipinski definition) is 5. The van der Waals surface area contributed by atoms with Gasteiger partial charge in [-0.1, -0.05) is 25.1 Å². The molecule has 108 valence electrons. The molecule has 1 heterocycles. The first-order valence-corrected chi connectivity index (χ1v) is 7.66. The van der Waals surface area contributed by atoms with Crippen LogP contribution in [0.2, 0.25) is 0 Å². The van der Waals surface area contributed by atoms with Crippen molar-refractivity contribution >= 4 is 11.3 Å². The van der Waals surface area contributed by atoms with E-state index in [1.807, 2.05) is 35.7 Å². The van der Waals surface area contributed by atoms with Gasteiger partial charge in [-0.3, -0.25) is 0 Å². The molecule has 0 aliphatic heterocycles. The third-order valence-corrected chi connectivity index (χ3v) is 3.83. The molecule has 0 spiro atoms. The highest BCUT2D eigenvalue weighted by Gasteiger charge is 2.13. The zero-order valence-electron chi connectivity index (χ0n) is 11.5. The fraction of sp³-hybridized carbons (Fsp3) is 0.400. The van der Waals surface area contributed by atoms with E-state index >= 15 is 0 Å². The minimum absolute atomic E-state index is 0.196. The van der Waals surface area contributed by atoms with E-state index in [0.29, 0.717) is 6.54 Å². The van der Waals surface area contributed by atoms with Crippen molar-refractivity contribution in [2.24, 2.45) is 0 Å². The summed E-state index contributed by atoms with van der Waals surface area (Å²) in [5, 5.41) is 16.3. The lowest BCUT2D eigenvalue weighted by Crippen LogP contribution is -2.33. The van der Waals surface area contributed by atoms with Crippen LogP contribution in [0, 0.1) is 0 Å². The first-order valence-electron chi connectivity index (χ1n) is 6.78. The number of aliphatic hydroxyl groups is 1. The maximum Gasteiger partial charge on any atom is 0.119 e. The second-order valence-corrected chi connectivity index (χ2v) is 5.44. The number of benzene rings is 1. The molecular formula is C15H20N2O2S. The van der Waals surface area contributed by atoms with Crippen LogP contribution in [-0.2, 0) is 0 Å². The molecule has 20 heavy (non-hydrogen) atoms. The molecule has 0 aliphatic carbocycles. The summed E-state index contributed by atoms with van der Waals surface area (Å²) in [4.78, 5) is 4.30. The lowest BCUT2D eigenvalue weighted by atomic mass is 10.2. The number of ether oxygens (including phenoxy) is 1. The summed E-state index contributed by atoms with van der Waals surface area (Å²) >= 11 is 1.63. The van der Waals surface area contributed by atoms with Crippen LogP contribution in [-0.4, -0.2) is 29.3 Å². The van der Waals surface area contributed by atoms with Crippen LogP contribution in [0.3, 0.4) is 0 Å². The molecule has 2 rings (SSSR count). The molecule has 4 nitrogen and oxygen atoms in total. The van der Waals surface area contributed by atoms with Crippen molar-refractivity contribution < 1.29 is 9.84 Å². The maximum absolute atomic E-state index is 9.95. The molecule has 2 aromatic rings. The zero-order chi connectivity index (χ0) is 14.2. The maximum atomic E-state index is 9.95. The largest absolute Gasteiger partial charge is 0.491 e. The van der Waals surface area contributed by atoms with E-state index in [0.717, 1.165) is 17.2 Å². The molecule has 0 fully saturated rings. The van der Waals surface area contributed by atoms with Crippen molar-refractivity contribution in [1.29, 1.82) is 0 Å². The summed E-state index contributed by atoms with van der Waals surface area (Å²) in [5.74, 6) is 0.776. The predicted molar refractivity (Wildman–Crippen MR) is 81.1 cm³/mol. The fourth-order valence-corrected chi connectivity index (χ4v) is 2.66. The van der Waals surface area contributed by atoms with Gasteiger partial charge < -0.3 is 15.2 Å². The molecule has 1 aromatic heterocycles. The van der Waals surface area contributed by atoms with Crippen LogP contribution in [0.25, 0.3) is 0 Å². The van der Waals surface area contributed by atoms with Crippen molar-refractivity contribution in [3.63, 3.8) is 0 Å². The van der Waals surface area contributed by atoms with Gasteiger partial charge in [0.2, 0.25) is 0 Å². The predicted octanol–water partition coefficient (Wildman–Crippen LogP) is 2.62. The minimum Gasteiger partial charge on any atom is -0.491 e. The lowest BCUT2D eigenvalue weighted by molar-refractivity contribution is 0.103. The monoisotopic (exact) mass is 292 g/mol. The van der Waals surface area contributed by atoms with Gasteiger partial charge >= 0.3 is 0 Å². The van der Waals surface area contributed by atoms with Crippen molar-refractivity contribution in [3.8, 4) is 5.75 Å². The molecule has 0 amide bonds. The minimum atomic E-state index is -0.538. The summed E-state index contributed by atoms with van der Waals surface area (Å²) in [6, 6.07) is 9.71. The second kappa shape index (κ2) is 7.99. The van der Waals surface area contributed by atoms with E-state index in [4.69, 9.17) is 4.74 Å². The number of hydrogen-bond donors (Lipinski definition) is 2. The molecule has 5 heteroatoms. The summed E-state index contributed by atoms with van der Waals surface area (Å²) in [7, 11) is 0. The topological polar surface area (TPSA) is 54.4 Å². The highest BCUT2D eigenvalue weighted by atomic mass is 32.1. The van der Waals surface area contributed by atoms with Gasteiger partial charge in [-0.05, 0) is 18.6 Å². The molecule has 0 saturated heterocycles. The normalized spacial score (nSPS) is 13.9. The van der Waals surface area contributed by atoms with E-state index in [1.165, 1.54) is 0 Å². The van der Waals surface area contributed by atoms with Crippen LogP contribution in [0.1, 0.15) is 24.4 Å². The molecule has 1 aromatic carbocycles. The molecule has 2 unspecified atom stereocenters. The van der Waals surface area contributed by atoms with Gasteiger partial charge in [0.05, 0.1) is 6.04 Å². The van der Waals surface area contributed by atoms with Crippen molar-refractivity contribution in [3.05, 3.63) is 46.9 Å². The average Bonchev–Trinajstić information content (AvgIpc) is 3.01.